The molecule has 2 nitrogen and oxygen atoms in total. The zero-order valence-corrected chi connectivity index (χ0v) is 9.10. The van der Waals surface area contributed by atoms with Gasteiger partial charge in [0.1, 0.15) is 0 Å². The van der Waals surface area contributed by atoms with E-state index in [4.69, 9.17) is 0 Å². The molecule has 1 aromatic heterocycles. The van der Waals surface area contributed by atoms with Crippen LogP contribution in [0.25, 0.3) is 0 Å². The largest absolute Gasteiger partial charge is 0.159 e. The predicted octanol–water partition coefficient (Wildman–Crippen LogP) is 3.33. The molecule has 1 aromatic rings. The van der Waals surface area contributed by atoms with E-state index in [1.807, 2.05) is 12.1 Å². The van der Waals surface area contributed by atoms with Crippen LogP contribution in [0.1, 0.15) is 43.7 Å². The molecule has 1 saturated carbocycles. The van der Waals surface area contributed by atoms with Crippen LogP contribution in [0.2, 0.25) is 0 Å². The van der Waals surface area contributed by atoms with Gasteiger partial charge in [-0.05, 0) is 50.2 Å². The molecule has 1 fully saturated rings. The van der Waals surface area contributed by atoms with Crippen molar-refractivity contribution >= 4 is 0 Å². The maximum absolute atomic E-state index is 4.20. The summed E-state index contributed by atoms with van der Waals surface area (Å²) in [6.45, 7) is 3.81. The molecule has 0 saturated heterocycles. The van der Waals surface area contributed by atoms with Gasteiger partial charge in [-0.1, -0.05) is 6.08 Å². The van der Waals surface area contributed by atoms with E-state index in [-0.39, 0.29) is 0 Å². The molecule has 15 heavy (non-hydrogen) atoms. The summed E-state index contributed by atoms with van der Waals surface area (Å²) >= 11 is 0. The zero-order chi connectivity index (χ0) is 10.5. The molecule has 0 aromatic carbocycles. The standard InChI is InChI=1S/C13H18N2/c1-2-4-11-6-8-12(9-7-11)13-5-3-10-14-15-13/h2-3,5,10-12H,1,4,6-9H2/t11-,12-. The normalized spacial score (nSPS) is 26.1. The first-order valence-corrected chi connectivity index (χ1v) is 5.78. The molecular formula is C13H18N2. The molecule has 0 N–H and O–H groups in total. The van der Waals surface area contributed by atoms with E-state index >= 15 is 0 Å². The van der Waals surface area contributed by atoms with Crippen LogP contribution in [0.3, 0.4) is 0 Å². The Labute approximate surface area is 91.4 Å². The van der Waals surface area contributed by atoms with Gasteiger partial charge in [-0.2, -0.15) is 10.2 Å². The van der Waals surface area contributed by atoms with Gasteiger partial charge in [-0.15, -0.1) is 6.58 Å². The van der Waals surface area contributed by atoms with Gasteiger partial charge in [0.25, 0.3) is 0 Å². The Hall–Kier alpha value is -1.18. The number of nitrogens with zero attached hydrogens (tertiary/aromatic N) is 2. The average molecular weight is 202 g/mol. The average Bonchev–Trinajstić information content (AvgIpc) is 2.32. The van der Waals surface area contributed by atoms with Gasteiger partial charge in [0.15, 0.2) is 0 Å². The first-order chi connectivity index (χ1) is 7.40. The van der Waals surface area contributed by atoms with E-state index in [1.54, 1.807) is 6.20 Å². The lowest BCUT2D eigenvalue weighted by atomic mass is 9.79. The van der Waals surface area contributed by atoms with Crippen molar-refractivity contribution in [3.63, 3.8) is 0 Å². The molecule has 0 atom stereocenters. The van der Waals surface area contributed by atoms with Gasteiger partial charge in [0, 0.05) is 12.1 Å². The number of hydrogen-bond donors (Lipinski definition) is 0. The highest BCUT2D eigenvalue weighted by atomic mass is 15.1. The molecule has 2 rings (SSSR count). The Morgan fingerprint density at radius 2 is 2.13 bits per heavy atom. The highest BCUT2D eigenvalue weighted by Crippen LogP contribution is 2.35. The smallest absolute Gasteiger partial charge is 0.0661 e. The van der Waals surface area contributed by atoms with Crippen molar-refractivity contribution in [3.05, 3.63) is 36.7 Å². The van der Waals surface area contributed by atoms with Crippen molar-refractivity contribution in [1.82, 2.24) is 10.2 Å². The van der Waals surface area contributed by atoms with Crippen LogP contribution in [0, 0.1) is 5.92 Å². The van der Waals surface area contributed by atoms with E-state index in [0.717, 1.165) is 5.92 Å². The molecule has 0 radical (unpaired) electrons. The van der Waals surface area contributed by atoms with E-state index in [9.17, 15) is 0 Å². The summed E-state index contributed by atoms with van der Waals surface area (Å²) in [5.41, 5.74) is 1.18. The summed E-state index contributed by atoms with van der Waals surface area (Å²) in [6.07, 6.45) is 10.1. The first-order valence-electron chi connectivity index (χ1n) is 5.78. The topological polar surface area (TPSA) is 25.8 Å². The maximum atomic E-state index is 4.20. The number of aromatic nitrogens is 2. The second kappa shape index (κ2) is 5.06. The van der Waals surface area contributed by atoms with Crippen LogP contribution < -0.4 is 0 Å². The third kappa shape index (κ3) is 2.65. The SMILES string of the molecule is C=CC[C@H]1CC[C@H](c2cccnn2)CC1. The van der Waals surface area contributed by atoms with Crippen molar-refractivity contribution in [1.29, 1.82) is 0 Å². The maximum Gasteiger partial charge on any atom is 0.0661 e. The molecule has 0 aliphatic heterocycles. The zero-order valence-electron chi connectivity index (χ0n) is 9.10. The molecule has 0 bridgehead atoms. The number of rotatable bonds is 3. The van der Waals surface area contributed by atoms with Crippen LogP contribution in [0.4, 0.5) is 0 Å². The molecule has 1 aliphatic rings. The molecule has 0 unspecified atom stereocenters. The summed E-state index contributed by atoms with van der Waals surface area (Å²) in [7, 11) is 0. The lowest BCUT2D eigenvalue weighted by molar-refractivity contribution is 0.324. The van der Waals surface area contributed by atoms with Crippen LogP contribution in [0.15, 0.2) is 31.0 Å². The molecule has 0 amide bonds. The fourth-order valence-electron chi connectivity index (χ4n) is 2.46. The minimum Gasteiger partial charge on any atom is -0.159 e. The summed E-state index contributed by atoms with van der Waals surface area (Å²) in [5.74, 6) is 1.50. The summed E-state index contributed by atoms with van der Waals surface area (Å²) in [6, 6.07) is 4.09. The number of hydrogen-bond acceptors (Lipinski definition) is 2. The van der Waals surface area contributed by atoms with Crippen molar-refractivity contribution < 1.29 is 0 Å². The summed E-state index contributed by atoms with van der Waals surface area (Å²) in [5, 5.41) is 8.15. The summed E-state index contributed by atoms with van der Waals surface area (Å²) in [4.78, 5) is 0. The minimum absolute atomic E-state index is 0.639. The fourth-order valence-corrected chi connectivity index (χ4v) is 2.46. The minimum atomic E-state index is 0.639. The summed E-state index contributed by atoms with van der Waals surface area (Å²) < 4.78 is 0. The Morgan fingerprint density at radius 3 is 2.73 bits per heavy atom. The molecule has 0 spiro atoms. The predicted molar refractivity (Wildman–Crippen MR) is 61.5 cm³/mol. The quantitative estimate of drug-likeness (QED) is 0.703. The van der Waals surface area contributed by atoms with Gasteiger partial charge in [-0.3, -0.25) is 0 Å². The van der Waals surface area contributed by atoms with E-state index in [2.05, 4.69) is 22.8 Å². The van der Waals surface area contributed by atoms with Gasteiger partial charge < -0.3 is 0 Å². The third-order valence-electron chi connectivity index (χ3n) is 3.36. The Balaban J connectivity index is 1.91. The highest BCUT2D eigenvalue weighted by molar-refractivity contribution is 5.07. The first kappa shape index (κ1) is 10.3. The van der Waals surface area contributed by atoms with Gasteiger partial charge in [-0.25, -0.2) is 0 Å². The van der Waals surface area contributed by atoms with E-state index in [0.29, 0.717) is 5.92 Å². The van der Waals surface area contributed by atoms with Crippen molar-refractivity contribution in [2.24, 2.45) is 5.92 Å². The molecule has 1 heterocycles. The molecule has 1 aliphatic carbocycles. The van der Waals surface area contributed by atoms with Crippen LogP contribution >= 0.6 is 0 Å². The lowest BCUT2D eigenvalue weighted by Gasteiger charge is -2.27. The Kier molecular flexibility index (Phi) is 3.49. The monoisotopic (exact) mass is 202 g/mol. The van der Waals surface area contributed by atoms with Gasteiger partial charge in [0.2, 0.25) is 0 Å². The molecule has 80 valence electrons. The second-order valence-corrected chi connectivity index (χ2v) is 4.39. The Morgan fingerprint density at radius 1 is 1.33 bits per heavy atom. The molecule has 2 heteroatoms. The van der Waals surface area contributed by atoms with E-state index < -0.39 is 0 Å². The van der Waals surface area contributed by atoms with E-state index in [1.165, 1.54) is 37.8 Å². The van der Waals surface area contributed by atoms with Crippen molar-refractivity contribution in [3.8, 4) is 0 Å². The second-order valence-electron chi connectivity index (χ2n) is 4.39. The molecular weight excluding hydrogens is 184 g/mol. The van der Waals surface area contributed by atoms with Crippen molar-refractivity contribution in [2.75, 3.05) is 0 Å². The van der Waals surface area contributed by atoms with Gasteiger partial charge in [0.05, 0.1) is 5.69 Å². The van der Waals surface area contributed by atoms with Gasteiger partial charge >= 0.3 is 0 Å². The van der Waals surface area contributed by atoms with Crippen LogP contribution in [-0.4, -0.2) is 10.2 Å². The van der Waals surface area contributed by atoms with Crippen LogP contribution in [0.5, 0.6) is 0 Å². The Bertz CT molecular complexity index is 300. The highest BCUT2D eigenvalue weighted by Gasteiger charge is 2.22. The van der Waals surface area contributed by atoms with Crippen molar-refractivity contribution in [2.45, 2.75) is 38.0 Å². The fraction of sp³-hybridized carbons (Fsp3) is 0.538. The van der Waals surface area contributed by atoms with Crippen LogP contribution in [-0.2, 0) is 0 Å². The lowest BCUT2D eigenvalue weighted by Crippen LogP contribution is -2.13. The third-order valence-corrected chi connectivity index (χ3v) is 3.36. The number of allylic oxidation sites excluding steroid dienone is 1.